The molecule has 4 atom stereocenters. The number of carboxylic acids is 3. The van der Waals surface area contributed by atoms with Gasteiger partial charge in [-0.25, -0.2) is 0 Å². The van der Waals surface area contributed by atoms with Crippen LogP contribution in [0, 0.1) is 0 Å². The van der Waals surface area contributed by atoms with Crippen molar-refractivity contribution in [2.45, 2.75) is 94.6 Å². The zero-order valence-electron chi connectivity index (χ0n) is 24.8. The predicted octanol–water partition coefficient (Wildman–Crippen LogP) is 2.86. The molecule has 0 saturated carbocycles. The summed E-state index contributed by atoms with van der Waals surface area (Å²) in [5, 5.41) is 37.1. The fourth-order valence-electron chi connectivity index (χ4n) is 3.63. The van der Waals surface area contributed by atoms with Crippen molar-refractivity contribution in [2.75, 3.05) is 12.3 Å². The van der Waals surface area contributed by atoms with Crippen LogP contribution < -0.4 is 11.5 Å². The van der Waals surface area contributed by atoms with Crippen LogP contribution in [0.3, 0.4) is 0 Å². The Bertz CT molecular complexity index is 997. The summed E-state index contributed by atoms with van der Waals surface area (Å²) < 4.78 is 0. The minimum absolute atomic E-state index is 0.0872. The number of allylic oxidation sites excluding steroid dienone is 7. The summed E-state index contributed by atoms with van der Waals surface area (Å²) in [7, 11) is 0. The second kappa shape index (κ2) is 24.2. The van der Waals surface area contributed by atoms with Gasteiger partial charge < -0.3 is 31.9 Å². The summed E-state index contributed by atoms with van der Waals surface area (Å²) in [6, 6.07) is -2.66. The monoisotopic (exact) mass is 625 g/mol. The fraction of sp³-hybridized carbons (Fsp3) is 0.567. The molecule has 0 aliphatic carbocycles. The maximum atomic E-state index is 12.9. The smallest absolute Gasteiger partial charge is 0.323 e. The minimum Gasteiger partial charge on any atom is -0.481 e. The Labute approximate surface area is 257 Å². The minimum atomic E-state index is -1.46. The second-order valence-electron chi connectivity index (χ2n) is 9.85. The van der Waals surface area contributed by atoms with Gasteiger partial charge in [-0.2, -0.15) is 0 Å². The zero-order valence-corrected chi connectivity index (χ0v) is 25.6. The van der Waals surface area contributed by atoms with Gasteiger partial charge in [-0.05, 0) is 38.5 Å². The number of hydrogen-bond acceptors (Lipinski definition) is 9. The molecule has 8 N–H and O–H groups in total. The molecule has 0 aromatic carbocycles. The molecule has 13 heteroatoms. The van der Waals surface area contributed by atoms with E-state index in [2.05, 4.69) is 19.1 Å². The molecule has 0 radical (unpaired) electrons. The number of thioether (sulfide) groups is 1. The van der Waals surface area contributed by atoms with Crippen LogP contribution >= 0.6 is 11.8 Å². The molecule has 0 aromatic heterocycles. The number of aliphatic hydroxyl groups is 1. The second-order valence-corrected chi connectivity index (χ2v) is 11.1. The summed E-state index contributed by atoms with van der Waals surface area (Å²) >= 11 is 1.10. The van der Waals surface area contributed by atoms with Gasteiger partial charge in [-0.1, -0.05) is 68.4 Å². The molecule has 4 unspecified atom stereocenters. The van der Waals surface area contributed by atoms with Gasteiger partial charge in [0.2, 0.25) is 11.8 Å². The van der Waals surface area contributed by atoms with Gasteiger partial charge in [0, 0.05) is 23.8 Å². The first-order chi connectivity index (χ1) is 20.4. The molecule has 0 saturated heterocycles. The van der Waals surface area contributed by atoms with Crippen molar-refractivity contribution in [1.29, 1.82) is 0 Å². The number of aliphatic hydroxyl groups excluding tert-OH is 1. The number of rotatable bonds is 24. The molecule has 0 rings (SSSR count). The van der Waals surface area contributed by atoms with Crippen molar-refractivity contribution >= 4 is 41.5 Å². The van der Waals surface area contributed by atoms with E-state index < -0.39 is 66.1 Å². The third kappa shape index (κ3) is 20.3. The van der Waals surface area contributed by atoms with Crippen molar-refractivity contribution < 1.29 is 44.4 Å². The van der Waals surface area contributed by atoms with Crippen LogP contribution in [0.5, 0.6) is 0 Å². The summed E-state index contributed by atoms with van der Waals surface area (Å²) in [5.74, 6) is -5.75. The Morgan fingerprint density at radius 3 is 2.14 bits per heavy atom. The Morgan fingerprint density at radius 1 is 0.814 bits per heavy atom. The largest absolute Gasteiger partial charge is 0.481 e. The van der Waals surface area contributed by atoms with Gasteiger partial charge in [0.05, 0.1) is 12.1 Å². The first-order valence-electron chi connectivity index (χ1n) is 14.4. The number of aliphatic carboxylic acids is 3. The molecule has 0 aliphatic heterocycles. The highest BCUT2D eigenvalue weighted by Crippen LogP contribution is 2.22. The van der Waals surface area contributed by atoms with Crippen LogP contribution in [0.1, 0.15) is 71.1 Å². The van der Waals surface area contributed by atoms with E-state index in [0.29, 0.717) is 4.90 Å². The van der Waals surface area contributed by atoms with Crippen molar-refractivity contribution in [1.82, 2.24) is 4.90 Å². The van der Waals surface area contributed by atoms with Crippen LogP contribution in [0.4, 0.5) is 0 Å². The molecule has 0 fully saturated rings. The van der Waals surface area contributed by atoms with Crippen LogP contribution in [0.15, 0.2) is 48.6 Å². The zero-order chi connectivity index (χ0) is 32.6. The standard InChI is InChI=1S/C30H47N3O9S/c1-2-3-4-5-6-7-8-9-10-11-12-13-16-25(24(34)15-14-17-27(36)37)43-21-23(32)29(40)33(20-28(38)39)26(35)19-18-22(31)30(41)42/h6-7,9-13,16,22-25,34H,2-5,8,14-15,17-21,31-32H2,1H3,(H,36,37)(H,38,39)(H,41,42). The summed E-state index contributed by atoms with van der Waals surface area (Å²) in [6.07, 6.45) is 19.2. The normalized spacial score (nSPS) is 14.8. The van der Waals surface area contributed by atoms with E-state index in [4.69, 9.17) is 21.7 Å². The first kappa shape index (κ1) is 39.7. The summed E-state index contributed by atoms with van der Waals surface area (Å²) in [5.41, 5.74) is 11.4. The summed E-state index contributed by atoms with van der Waals surface area (Å²) in [6.45, 7) is 1.21. The number of amides is 2. The number of carboxylic acid groups (broad SMARTS) is 3. The van der Waals surface area contributed by atoms with Gasteiger partial charge >= 0.3 is 17.9 Å². The first-order valence-corrected chi connectivity index (χ1v) is 15.4. The highest BCUT2D eigenvalue weighted by Gasteiger charge is 2.30. The number of nitrogens with two attached hydrogens (primary N) is 2. The van der Waals surface area contributed by atoms with E-state index in [1.807, 2.05) is 18.2 Å². The molecule has 0 spiro atoms. The van der Waals surface area contributed by atoms with E-state index in [0.717, 1.165) is 24.6 Å². The molecule has 43 heavy (non-hydrogen) atoms. The number of imide groups is 1. The molecular weight excluding hydrogens is 578 g/mol. The molecule has 2 amide bonds. The van der Waals surface area contributed by atoms with E-state index >= 15 is 0 Å². The molecule has 0 bridgehead atoms. The molecular formula is C30H47N3O9S. The Kier molecular flexibility index (Phi) is 22.4. The Hall–Kier alpha value is -3.26. The van der Waals surface area contributed by atoms with Crippen LogP contribution in [0.25, 0.3) is 0 Å². The lowest BCUT2D eigenvalue weighted by Gasteiger charge is -2.25. The third-order valence-electron chi connectivity index (χ3n) is 6.09. The number of carbonyl (C=O) groups excluding carboxylic acids is 2. The number of hydrogen-bond donors (Lipinski definition) is 6. The van der Waals surface area contributed by atoms with Crippen molar-refractivity contribution in [2.24, 2.45) is 11.5 Å². The molecule has 12 nitrogen and oxygen atoms in total. The molecule has 0 aliphatic rings. The van der Waals surface area contributed by atoms with Crippen molar-refractivity contribution in [3.63, 3.8) is 0 Å². The predicted molar refractivity (Wildman–Crippen MR) is 166 cm³/mol. The highest BCUT2D eigenvalue weighted by molar-refractivity contribution is 8.00. The average Bonchev–Trinajstić information content (AvgIpc) is 2.95. The lowest BCUT2D eigenvalue weighted by Crippen LogP contribution is -2.50. The van der Waals surface area contributed by atoms with Gasteiger partial charge in [-0.15, -0.1) is 11.8 Å². The van der Waals surface area contributed by atoms with Gasteiger partial charge in [-0.3, -0.25) is 28.9 Å². The lowest BCUT2D eigenvalue weighted by atomic mass is 10.1. The van der Waals surface area contributed by atoms with Gasteiger partial charge in [0.1, 0.15) is 12.6 Å². The number of carbonyl (C=O) groups is 5. The SMILES string of the molecule is CCCCCC=CCC=CC=CC=CC(SCC(N)C(=O)N(CC(=O)O)C(=O)CCC(N)C(=O)O)C(O)CCCC(=O)O. The van der Waals surface area contributed by atoms with E-state index in [-0.39, 0.29) is 31.4 Å². The highest BCUT2D eigenvalue weighted by atomic mass is 32.2. The number of nitrogens with zero attached hydrogens (tertiary/aromatic N) is 1. The maximum Gasteiger partial charge on any atom is 0.323 e. The third-order valence-corrected chi connectivity index (χ3v) is 7.49. The fourth-order valence-corrected chi connectivity index (χ4v) is 4.77. The lowest BCUT2D eigenvalue weighted by molar-refractivity contribution is -0.153. The van der Waals surface area contributed by atoms with E-state index in [1.54, 1.807) is 18.2 Å². The van der Waals surface area contributed by atoms with E-state index in [1.165, 1.54) is 19.3 Å². The Balaban J connectivity index is 5.29. The quantitative estimate of drug-likeness (QED) is 0.0518. The van der Waals surface area contributed by atoms with Crippen molar-refractivity contribution in [3.05, 3.63) is 48.6 Å². The van der Waals surface area contributed by atoms with Gasteiger partial charge in [0.25, 0.3) is 0 Å². The number of unbranched alkanes of at least 4 members (excludes halogenated alkanes) is 3. The summed E-state index contributed by atoms with van der Waals surface area (Å²) in [4.78, 5) is 58.9. The maximum absolute atomic E-state index is 12.9. The van der Waals surface area contributed by atoms with E-state index in [9.17, 15) is 34.2 Å². The molecule has 242 valence electrons. The van der Waals surface area contributed by atoms with Crippen LogP contribution in [-0.4, -0.2) is 90.8 Å². The average molecular weight is 626 g/mol. The van der Waals surface area contributed by atoms with Crippen LogP contribution in [0.2, 0.25) is 0 Å². The van der Waals surface area contributed by atoms with Gasteiger partial charge in [0.15, 0.2) is 0 Å². The molecule has 0 heterocycles. The topological polar surface area (TPSA) is 222 Å². The molecule has 0 aromatic rings. The van der Waals surface area contributed by atoms with Crippen molar-refractivity contribution in [3.8, 4) is 0 Å². The van der Waals surface area contributed by atoms with Crippen LogP contribution in [-0.2, 0) is 24.0 Å². The Morgan fingerprint density at radius 2 is 1.51 bits per heavy atom.